The highest BCUT2D eigenvalue weighted by atomic mass is 32.1. The lowest BCUT2D eigenvalue weighted by Crippen LogP contribution is -2.14. The first kappa shape index (κ1) is 9.19. The molecule has 0 aromatic carbocycles. The number of rotatable bonds is 5. The highest BCUT2D eigenvalue weighted by Gasteiger charge is 2.42. The van der Waals surface area contributed by atoms with E-state index in [-0.39, 0.29) is 0 Å². The minimum Gasteiger partial charge on any atom is -0.304 e. The quantitative estimate of drug-likeness (QED) is 0.735. The second kappa shape index (κ2) is 3.78. The zero-order chi connectivity index (χ0) is 9.15. The molecule has 2 N–H and O–H groups in total. The molecule has 2 nitrogen and oxygen atoms in total. The Morgan fingerprint density at radius 3 is 2.92 bits per heavy atom. The van der Waals surface area contributed by atoms with Crippen LogP contribution in [0.2, 0.25) is 0 Å². The van der Waals surface area contributed by atoms with E-state index in [0.717, 1.165) is 6.61 Å². The fourth-order valence-electron chi connectivity index (χ4n) is 1.66. The van der Waals surface area contributed by atoms with E-state index >= 15 is 0 Å². The standard InChI is InChI=1S/C10H15NOS/c11-12-8-10(4-5-10)3-1-9-2-6-13-7-9/h2,6-7H,1,3-5,8,11H2. The smallest absolute Gasteiger partial charge is 0.0735 e. The largest absolute Gasteiger partial charge is 0.304 e. The van der Waals surface area contributed by atoms with E-state index in [9.17, 15) is 0 Å². The highest BCUT2D eigenvalue weighted by molar-refractivity contribution is 7.07. The molecule has 1 heterocycles. The SMILES string of the molecule is NOCC1(CCc2ccsc2)CC1. The molecule has 1 aromatic heterocycles. The molecular weight excluding hydrogens is 182 g/mol. The van der Waals surface area contributed by atoms with E-state index < -0.39 is 0 Å². The Hall–Kier alpha value is -0.380. The molecule has 1 aliphatic rings. The summed E-state index contributed by atoms with van der Waals surface area (Å²) in [7, 11) is 0. The maximum absolute atomic E-state index is 5.11. The van der Waals surface area contributed by atoms with Crippen molar-refractivity contribution in [2.75, 3.05) is 6.61 Å². The first-order valence-corrected chi connectivity index (χ1v) is 5.62. The van der Waals surface area contributed by atoms with E-state index in [2.05, 4.69) is 16.8 Å². The zero-order valence-corrected chi connectivity index (χ0v) is 8.48. The second-order valence-corrected chi connectivity index (χ2v) is 4.72. The van der Waals surface area contributed by atoms with Gasteiger partial charge in [0.1, 0.15) is 0 Å². The number of nitrogens with two attached hydrogens (primary N) is 1. The lowest BCUT2D eigenvalue weighted by molar-refractivity contribution is 0.0882. The second-order valence-electron chi connectivity index (χ2n) is 3.94. The van der Waals surface area contributed by atoms with Crippen LogP contribution in [0.15, 0.2) is 16.8 Å². The van der Waals surface area contributed by atoms with Crippen LogP contribution in [0.25, 0.3) is 0 Å². The first-order chi connectivity index (χ1) is 6.35. The molecule has 1 aromatic rings. The minimum atomic E-state index is 0.427. The van der Waals surface area contributed by atoms with Crippen LogP contribution in [0.3, 0.4) is 0 Å². The molecule has 13 heavy (non-hydrogen) atoms. The average Bonchev–Trinajstić information content (AvgIpc) is 2.71. The number of hydrogen-bond acceptors (Lipinski definition) is 3. The molecule has 1 saturated carbocycles. The third-order valence-corrected chi connectivity index (χ3v) is 3.60. The summed E-state index contributed by atoms with van der Waals surface area (Å²) in [5.41, 5.74) is 1.88. The van der Waals surface area contributed by atoms with E-state index in [0.29, 0.717) is 5.41 Å². The van der Waals surface area contributed by atoms with Crippen molar-refractivity contribution in [3.8, 4) is 0 Å². The molecule has 0 aliphatic heterocycles. The summed E-state index contributed by atoms with van der Waals surface area (Å²) < 4.78 is 0. The van der Waals surface area contributed by atoms with Crippen molar-refractivity contribution in [2.45, 2.75) is 25.7 Å². The molecule has 0 unspecified atom stereocenters. The normalized spacial score (nSPS) is 18.8. The molecule has 3 heteroatoms. The van der Waals surface area contributed by atoms with Gasteiger partial charge in [0, 0.05) is 0 Å². The van der Waals surface area contributed by atoms with Crippen LogP contribution in [-0.4, -0.2) is 6.61 Å². The van der Waals surface area contributed by atoms with Crippen molar-refractivity contribution in [3.05, 3.63) is 22.4 Å². The Morgan fingerprint density at radius 2 is 2.38 bits per heavy atom. The summed E-state index contributed by atoms with van der Waals surface area (Å²) in [5, 5.41) is 4.35. The van der Waals surface area contributed by atoms with Crippen molar-refractivity contribution in [3.63, 3.8) is 0 Å². The van der Waals surface area contributed by atoms with Gasteiger partial charge in [0.2, 0.25) is 0 Å². The van der Waals surface area contributed by atoms with Crippen LogP contribution in [0, 0.1) is 5.41 Å². The fraction of sp³-hybridized carbons (Fsp3) is 0.600. The molecule has 0 spiro atoms. The van der Waals surface area contributed by atoms with Crippen molar-refractivity contribution >= 4 is 11.3 Å². The van der Waals surface area contributed by atoms with Gasteiger partial charge in [0.15, 0.2) is 0 Å². The molecule has 2 rings (SSSR count). The summed E-state index contributed by atoms with van der Waals surface area (Å²) in [4.78, 5) is 4.74. The molecule has 0 bridgehead atoms. The Balaban J connectivity index is 1.79. The maximum atomic E-state index is 5.11. The topological polar surface area (TPSA) is 35.2 Å². The van der Waals surface area contributed by atoms with E-state index in [4.69, 9.17) is 10.7 Å². The van der Waals surface area contributed by atoms with Gasteiger partial charge < -0.3 is 4.84 Å². The monoisotopic (exact) mass is 197 g/mol. The highest BCUT2D eigenvalue weighted by Crippen LogP contribution is 2.49. The summed E-state index contributed by atoms with van der Waals surface area (Å²) in [6.07, 6.45) is 4.97. The van der Waals surface area contributed by atoms with Crippen LogP contribution < -0.4 is 5.90 Å². The van der Waals surface area contributed by atoms with Crippen molar-refractivity contribution in [2.24, 2.45) is 11.3 Å². The van der Waals surface area contributed by atoms with Crippen LogP contribution in [-0.2, 0) is 11.3 Å². The number of hydrogen-bond donors (Lipinski definition) is 1. The van der Waals surface area contributed by atoms with Gasteiger partial charge in [0.25, 0.3) is 0 Å². The van der Waals surface area contributed by atoms with Crippen LogP contribution in [0.5, 0.6) is 0 Å². The molecule has 1 fully saturated rings. The number of aryl methyl sites for hydroxylation is 1. The van der Waals surface area contributed by atoms with Gasteiger partial charge >= 0.3 is 0 Å². The first-order valence-electron chi connectivity index (χ1n) is 4.67. The summed E-state index contributed by atoms with van der Waals surface area (Å²) in [6.45, 7) is 0.733. The Labute approximate surface area is 82.7 Å². The van der Waals surface area contributed by atoms with Gasteiger partial charge in [-0.15, -0.1) is 0 Å². The molecule has 0 radical (unpaired) electrons. The third-order valence-electron chi connectivity index (χ3n) is 2.87. The lowest BCUT2D eigenvalue weighted by atomic mass is 9.99. The van der Waals surface area contributed by atoms with Crippen LogP contribution >= 0.6 is 11.3 Å². The maximum Gasteiger partial charge on any atom is 0.0735 e. The molecule has 72 valence electrons. The van der Waals surface area contributed by atoms with E-state index in [1.165, 1.54) is 31.2 Å². The third kappa shape index (κ3) is 2.30. The van der Waals surface area contributed by atoms with Gasteiger partial charge in [-0.1, -0.05) is 0 Å². The van der Waals surface area contributed by atoms with Gasteiger partial charge in [-0.2, -0.15) is 11.3 Å². The van der Waals surface area contributed by atoms with Gasteiger partial charge in [-0.05, 0) is 53.5 Å². The van der Waals surface area contributed by atoms with Crippen molar-refractivity contribution < 1.29 is 4.84 Å². The number of thiophene rings is 1. The summed E-state index contributed by atoms with van der Waals surface area (Å²) >= 11 is 1.77. The Morgan fingerprint density at radius 1 is 1.54 bits per heavy atom. The average molecular weight is 197 g/mol. The Kier molecular flexibility index (Phi) is 2.67. The molecule has 0 amide bonds. The van der Waals surface area contributed by atoms with Crippen molar-refractivity contribution in [1.29, 1.82) is 0 Å². The predicted octanol–water partition coefficient (Wildman–Crippen LogP) is 2.35. The Bertz CT molecular complexity index is 254. The minimum absolute atomic E-state index is 0.427. The molecule has 1 aliphatic carbocycles. The van der Waals surface area contributed by atoms with Crippen molar-refractivity contribution in [1.82, 2.24) is 0 Å². The molecular formula is C10H15NOS. The molecule has 0 atom stereocenters. The van der Waals surface area contributed by atoms with E-state index in [1.807, 2.05) is 0 Å². The lowest BCUT2D eigenvalue weighted by Gasteiger charge is -2.11. The predicted molar refractivity (Wildman–Crippen MR) is 54.4 cm³/mol. The molecule has 0 saturated heterocycles. The van der Waals surface area contributed by atoms with Crippen LogP contribution in [0.1, 0.15) is 24.8 Å². The van der Waals surface area contributed by atoms with Gasteiger partial charge in [-0.3, -0.25) is 0 Å². The summed E-state index contributed by atoms with van der Waals surface area (Å²) in [6, 6.07) is 2.20. The fourth-order valence-corrected chi connectivity index (χ4v) is 2.37. The van der Waals surface area contributed by atoms with Gasteiger partial charge in [-0.25, -0.2) is 5.90 Å². The van der Waals surface area contributed by atoms with E-state index in [1.54, 1.807) is 11.3 Å². The summed E-state index contributed by atoms with van der Waals surface area (Å²) in [5.74, 6) is 5.11. The van der Waals surface area contributed by atoms with Gasteiger partial charge in [0.05, 0.1) is 6.61 Å². The van der Waals surface area contributed by atoms with Crippen LogP contribution in [0.4, 0.5) is 0 Å². The zero-order valence-electron chi connectivity index (χ0n) is 7.66.